The molecule has 4 nitrogen and oxygen atoms in total. The van der Waals surface area contributed by atoms with Crippen LogP contribution in [0.4, 0.5) is 4.39 Å². The van der Waals surface area contributed by atoms with Gasteiger partial charge in [0.15, 0.2) is 0 Å². The molecule has 0 atom stereocenters. The Balaban J connectivity index is 1.74. The molecular formula is C24H25FN2O2. The van der Waals surface area contributed by atoms with E-state index in [1.165, 1.54) is 17.0 Å². The van der Waals surface area contributed by atoms with Gasteiger partial charge in [-0.2, -0.15) is 0 Å². The fraction of sp³-hybridized carbons (Fsp3) is 0.333. The van der Waals surface area contributed by atoms with Crippen LogP contribution in [0.2, 0.25) is 0 Å². The second kappa shape index (κ2) is 7.82. The van der Waals surface area contributed by atoms with Crippen LogP contribution < -0.4 is 0 Å². The van der Waals surface area contributed by atoms with Crippen molar-refractivity contribution in [2.45, 2.75) is 39.7 Å². The molecule has 0 aliphatic carbocycles. The zero-order chi connectivity index (χ0) is 20.5. The third-order valence-corrected chi connectivity index (χ3v) is 5.87. The van der Waals surface area contributed by atoms with Gasteiger partial charge in [-0.15, -0.1) is 0 Å². The molecule has 2 aliphatic rings. The number of hydrogen-bond acceptors (Lipinski definition) is 3. The van der Waals surface area contributed by atoms with E-state index < -0.39 is 0 Å². The summed E-state index contributed by atoms with van der Waals surface area (Å²) in [6.07, 6.45) is 3.18. The Hall–Kier alpha value is -2.95. The number of nitrogens with zero attached hydrogens (tertiary/aromatic N) is 2. The summed E-state index contributed by atoms with van der Waals surface area (Å²) in [6, 6.07) is 11.8. The van der Waals surface area contributed by atoms with Crippen molar-refractivity contribution in [3.63, 3.8) is 0 Å². The number of piperidine rings is 1. The van der Waals surface area contributed by atoms with Crippen LogP contribution >= 0.6 is 0 Å². The summed E-state index contributed by atoms with van der Waals surface area (Å²) in [5, 5.41) is 0. The zero-order valence-corrected chi connectivity index (χ0v) is 16.9. The standard InChI is InChI=1S/C24H25FN2O2/c1-16-6-9-19(14-17(16)2)21-22(26-12-4-3-5-13-26)24(29)27(23(21)28)15-18-7-10-20(25)11-8-18/h6-11,14H,3-5,12-13,15H2,1-2H3. The Labute approximate surface area is 170 Å². The Kier molecular flexibility index (Phi) is 5.22. The lowest BCUT2D eigenvalue weighted by Crippen LogP contribution is -2.36. The number of likely N-dealkylation sites (tertiary alicyclic amines) is 1. The maximum absolute atomic E-state index is 13.4. The van der Waals surface area contributed by atoms with E-state index in [1.54, 1.807) is 12.1 Å². The van der Waals surface area contributed by atoms with E-state index in [2.05, 4.69) is 4.90 Å². The van der Waals surface area contributed by atoms with Gasteiger partial charge in [-0.05, 0) is 67.5 Å². The first-order valence-electron chi connectivity index (χ1n) is 10.1. The van der Waals surface area contributed by atoms with Gasteiger partial charge in [-0.1, -0.05) is 30.3 Å². The molecule has 0 spiro atoms. The summed E-state index contributed by atoms with van der Waals surface area (Å²) >= 11 is 0. The van der Waals surface area contributed by atoms with Crippen molar-refractivity contribution in [1.29, 1.82) is 0 Å². The number of carbonyl (C=O) groups is 2. The van der Waals surface area contributed by atoms with Crippen LogP contribution in [0.25, 0.3) is 5.57 Å². The van der Waals surface area contributed by atoms with E-state index in [4.69, 9.17) is 0 Å². The van der Waals surface area contributed by atoms with Crippen LogP contribution in [0.3, 0.4) is 0 Å². The van der Waals surface area contributed by atoms with Crippen molar-refractivity contribution in [2.24, 2.45) is 0 Å². The zero-order valence-electron chi connectivity index (χ0n) is 16.9. The molecule has 1 saturated heterocycles. The third-order valence-electron chi connectivity index (χ3n) is 5.87. The minimum atomic E-state index is -0.337. The highest BCUT2D eigenvalue weighted by Gasteiger charge is 2.41. The van der Waals surface area contributed by atoms with Gasteiger partial charge in [0.2, 0.25) is 0 Å². The number of hydrogen-bond donors (Lipinski definition) is 0. The first kappa shape index (κ1) is 19.4. The molecule has 29 heavy (non-hydrogen) atoms. The predicted octanol–water partition coefficient (Wildman–Crippen LogP) is 4.21. The average Bonchev–Trinajstić information content (AvgIpc) is 2.97. The molecule has 150 valence electrons. The molecule has 2 heterocycles. The summed E-state index contributed by atoms with van der Waals surface area (Å²) in [4.78, 5) is 30.1. The maximum atomic E-state index is 13.4. The number of benzene rings is 2. The van der Waals surface area contributed by atoms with Gasteiger partial charge in [0, 0.05) is 13.1 Å². The van der Waals surface area contributed by atoms with Crippen LogP contribution in [-0.4, -0.2) is 34.7 Å². The Morgan fingerprint density at radius 2 is 1.55 bits per heavy atom. The van der Waals surface area contributed by atoms with Crippen molar-refractivity contribution in [3.05, 3.63) is 76.2 Å². The molecule has 0 saturated carbocycles. The lowest BCUT2D eigenvalue weighted by atomic mass is 9.98. The summed E-state index contributed by atoms with van der Waals surface area (Å²) in [5.74, 6) is -0.867. The van der Waals surface area contributed by atoms with Crippen molar-refractivity contribution >= 4 is 17.4 Å². The van der Waals surface area contributed by atoms with Crippen molar-refractivity contribution in [1.82, 2.24) is 9.80 Å². The second-order valence-corrected chi connectivity index (χ2v) is 7.89. The number of halogens is 1. The number of aryl methyl sites for hydroxylation is 2. The molecule has 2 amide bonds. The van der Waals surface area contributed by atoms with Crippen LogP contribution in [0.15, 0.2) is 48.2 Å². The van der Waals surface area contributed by atoms with Gasteiger partial charge in [0.05, 0.1) is 12.1 Å². The minimum absolute atomic E-state index is 0.142. The predicted molar refractivity (Wildman–Crippen MR) is 110 cm³/mol. The SMILES string of the molecule is Cc1ccc(C2=C(N3CCCCC3)C(=O)N(Cc3ccc(F)cc3)C2=O)cc1C. The lowest BCUT2D eigenvalue weighted by Gasteiger charge is -2.29. The third kappa shape index (κ3) is 3.69. The molecule has 0 radical (unpaired) electrons. The summed E-state index contributed by atoms with van der Waals surface area (Å²) in [7, 11) is 0. The highest BCUT2D eigenvalue weighted by molar-refractivity contribution is 6.35. The Morgan fingerprint density at radius 3 is 2.21 bits per heavy atom. The molecule has 1 fully saturated rings. The number of imide groups is 1. The van der Waals surface area contributed by atoms with Gasteiger partial charge in [-0.3, -0.25) is 14.5 Å². The largest absolute Gasteiger partial charge is 0.366 e. The maximum Gasteiger partial charge on any atom is 0.278 e. The van der Waals surface area contributed by atoms with Gasteiger partial charge in [0.1, 0.15) is 11.5 Å². The highest BCUT2D eigenvalue weighted by atomic mass is 19.1. The molecule has 2 aromatic carbocycles. The molecule has 4 rings (SSSR count). The van der Waals surface area contributed by atoms with Crippen LogP contribution in [0.1, 0.15) is 41.5 Å². The Bertz CT molecular complexity index is 988. The highest BCUT2D eigenvalue weighted by Crippen LogP contribution is 2.34. The van der Waals surface area contributed by atoms with Crippen LogP contribution in [-0.2, 0) is 16.1 Å². The van der Waals surface area contributed by atoms with Gasteiger partial charge in [0.25, 0.3) is 11.8 Å². The Morgan fingerprint density at radius 1 is 0.862 bits per heavy atom. The number of rotatable bonds is 4. The molecule has 0 aromatic heterocycles. The monoisotopic (exact) mass is 392 g/mol. The summed E-state index contributed by atoms with van der Waals surface area (Å²) < 4.78 is 13.2. The average molecular weight is 392 g/mol. The van der Waals surface area contributed by atoms with Gasteiger partial charge < -0.3 is 4.90 Å². The number of amides is 2. The van der Waals surface area contributed by atoms with Gasteiger partial charge >= 0.3 is 0 Å². The van der Waals surface area contributed by atoms with E-state index >= 15 is 0 Å². The van der Waals surface area contributed by atoms with Crippen LogP contribution in [0.5, 0.6) is 0 Å². The van der Waals surface area contributed by atoms with E-state index in [-0.39, 0.29) is 24.2 Å². The topological polar surface area (TPSA) is 40.6 Å². The second-order valence-electron chi connectivity index (χ2n) is 7.89. The van der Waals surface area contributed by atoms with E-state index in [0.717, 1.165) is 54.6 Å². The van der Waals surface area contributed by atoms with Crippen LogP contribution in [0, 0.1) is 19.7 Å². The van der Waals surface area contributed by atoms with Crippen molar-refractivity contribution in [2.75, 3.05) is 13.1 Å². The first-order valence-corrected chi connectivity index (χ1v) is 10.1. The summed E-state index contributed by atoms with van der Waals surface area (Å²) in [6.45, 7) is 5.75. The normalized spacial score (nSPS) is 17.5. The smallest absolute Gasteiger partial charge is 0.278 e. The quantitative estimate of drug-likeness (QED) is 0.732. The fourth-order valence-electron chi connectivity index (χ4n) is 4.05. The van der Waals surface area contributed by atoms with E-state index in [1.807, 2.05) is 32.0 Å². The van der Waals surface area contributed by atoms with E-state index in [0.29, 0.717) is 11.3 Å². The van der Waals surface area contributed by atoms with Crippen molar-refractivity contribution in [3.8, 4) is 0 Å². The molecule has 2 aliphatic heterocycles. The lowest BCUT2D eigenvalue weighted by molar-refractivity contribution is -0.138. The molecule has 5 heteroatoms. The summed E-state index contributed by atoms with van der Waals surface area (Å²) in [5.41, 5.74) is 4.75. The molecule has 0 N–H and O–H groups in total. The van der Waals surface area contributed by atoms with Crippen molar-refractivity contribution < 1.29 is 14.0 Å². The molecule has 2 aromatic rings. The van der Waals surface area contributed by atoms with Gasteiger partial charge in [-0.25, -0.2) is 4.39 Å². The molecular weight excluding hydrogens is 367 g/mol. The first-order chi connectivity index (χ1) is 14.0. The number of carbonyl (C=O) groups excluding carboxylic acids is 2. The fourth-order valence-corrected chi connectivity index (χ4v) is 4.05. The molecule has 0 unspecified atom stereocenters. The van der Waals surface area contributed by atoms with E-state index in [9.17, 15) is 14.0 Å². The molecule has 0 bridgehead atoms. The minimum Gasteiger partial charge on any atom is -0.366 e.